The van der Waals surface area contributed by atoms with Crippen LogP contribution in [0.4, 0.5) is 0 Å². The third-order valence-corrected chi connectivity index (χ3v) is 13.9. The van der Waals surface area contributed by atoms with Gasteiger partial charge >= 0.3 is 0 Å². The molecule has 362 valence electrons. The predicted octanol–water partition coefficient (Wildman–Crippen LogP) is -0.00310. The summed E-state index contributed by atoms with van der Waals surface area (Å²) in [6.45, 7) is 3.80. The number of carbonyl (C=O) groups is 8. The van der Waals surface area contributed by atoms with Crippen LogP contribution >= 0.6 is 21.6 Å². The Labute approximate surface area is 397 Å². The van der Waals surface area contributed by atoms with E-state index >= 15 is 0 Å². The Hall–Kier alpha value is -6.29. The fourth-order valence-electron chi connectivity index (χ4n) is 7.97. The number of nitrogens with zero attached hydrogens (tertiary/aromatic N) is 2. The van der Waals surface area contributed by atoms with E-state index in [2.05, 4.69) is 41.9 Å². The van der Waals surface area contributed by atoms with Crippen LogP contribution in [0.1, 0.15) is 69.9 Å². The quantitative estimate of drug-likeness (QED) is 0.0469. The highest BCUT2D eigenvalue weighted by molar-refractivity contribution is 8.76. The number of aromatic amines is 1. The van der Waals surface area contributed by atoms with E-state index in [1.165, 1.54) is 28.5 Å². The lowest BCUT2D eigenvalue weighted by Crippen LogP contribution is -2.60. The van der Waals surface area contributed by atoms with Gasteiger partial charge in [-0.25, -0.2) is 0 Å². The number of hydrogen-bond acceptors (Lipinski definition) is 11. The number of H-pyrrole nitrogens is 1. The van der Waals surface area contributed by atoms with Crippen molar-refractivity contribution in [2.45, 2.75) is 114 Å². The van der Waals surface area contributed by atoms with Crippen LogP contribution < -0.4 is 49.1 Å². The van der Waals surface area contributed by atoms with Crippen LogP contribution in [0.25, 0.3) is 10.9 Å². The molecule has 67 heavy (non-hydrogen) atoms. The smallest absolute Gasteiger partial charge is 0.246 e. The van der Waals surface area contributed by atoms with Crippen molar-refractivity contribution < 1.29 is 38.4 Å². The number of amides is 8. The molecule has 0 saturated carbocycles. The highest BCUT2D eigenvalue weighted by Crippen LogP contribution is 2.26. The van der Waals surface area contributed by atoms with Gasteiger partial charge in [-0.3, -0.25) is 43.3 Å². The predicted molar refractivity (Wildman–Crippen MR) is 258 cm³/mol. The normalized spacial score (nSPS) is 23.9. The van der Waals surface area contributed by atoms with E-state index in [-0.39, 0.29) is 75.2 Å². The van der Waals surface area contributed by atoms with Crippen molar-refractivity contribution in [3.63, 3.8) is 0 Å². The Bertz CT molecular complexity index is 2260. The van der Waals surface area contributed by atoms with Crippen molar-refractivity contribution in [2.24, 2.45) is 22.2 Å². The van der Waals surface area contributed by atoms with E-state index in [1.54, 1.807) is 41.4 Å². The molecule has 22 heteroatoms. The molecule has 2 saturated heterocycles. The lowest BCUT2D eigenvalue weighted by molar-refractivity contribution is -0.137. The molecule has 0 radical (unpaired) electrons. The first kappa shape index (κ1) is 51.7. The first-order valence-electron chi connectivity index (χ1n) is 22.4. The standard InChI is InChI=1S/C45H62N12O8S2/c1-26-10-9-20-57(26)44(65)37-25-67-66-21-18-34(51-27(2)58)41(62)53-33(16-17-38(46)59)40(61)54-35(22-28-11-4-3-5-12-28)42(63)52-32(15-8-19-49-45(47)48)39(60)55-36(43(64)56-37)23-29-24-50-31-14-7-6-13-30(29)31/h3-7,11-14,24,26,32-37,50H,8-10,15-23,25H2,1-2H3,(H2,46,59)(H,51,58)(H,52,63)(H,53,62)(H,54,61)(H,55,60)(H,56,64)(H4,47,48,49)/t26-,32+,33+,34+,35-,36+,37+/m1/s1. The largest absolute Gasteiger partial charge is 0.370 e. The monoisotopic (exact) mass is 962 g/mol. The molecular weight excluding hydrogens is 901 g/mol. The minimum Gasteiger partial charge on any atom is -0.370 e. The third-order valence-electron chi connectivity index (χ3n) is 11.5. The number of benzene rings is 2. The summed E-state index contributed by atoms with van der Waals surface area (Å²) < 4.78 is 0. The maximum absolute atomic E-state index is 14.6. The van der Waals surface area contributed by atoms with Gasteiger partial charge in [-0.05, 0) is 62.6 Å². The van der Waals surface area contributed by atoms with Gasteiger partial charge in [-0.15, -0.1) is 0 Å². The summed E-state index contributed by atoms with van der Waals surface area (Å²) in [5, 5.41) is 17.4. The number of nitrogens with one attached hydrogen (secondary N) is 7. The highest BCUT2D eigenvalue weighted by atomic mass is 33.1. The van der Waals surface area contributed by atoms with Crippen LogP contribution in [-0.4, -0.2) is 130 Å². The number of hydrogen-bond donors (Lipinski definition) is 10. The second-order valence-corrected chi connectivity index (χ2v) is 19.3. The first-order chi connectivity index (χ1) is 32.1. The topological polar surface area (TPSA) is 318 Å². The number of para-hydroxylation sites is 1. The minimum atomic E-state index is -1.38. The number of carbonyl (C=O) groups excluding carboxylic acids is 8. The number of likely N-dealkylation sites (tertiary alicyclic amines) is 1. The Balaban J connectivity index is 1.56. The summed E-state index contributed by atoms with van der Waals surface area (Å²) >= 11 is 0. The Morgan fingerprint density at radius 3 is 2.06 bits per heavy atom. The van der Waals surface area contributed by atoms with E-state index in [4.69, 9.17) is 17.2 Å². The maximum atomic E-state index is 14.6. The van der Waals surface area contributed by atoms with Crippen LogP contribution in [0, 0.1) is 0 Å². The molecule has 5 rings (SSSR count). The van der Waals surface area contributed by atoms with E-state index in [1.807, 2.05) is 31.2 Å². The molecule has 0 aliphatic carbocycles. The van der Waals surface area contributed by atoms with Crippen molar-refractivity contribution in [2.75, 3.05) is 24.6 Å². The fourth-order valence-corrected chi connectivity index (χ4v) is 10.2. The van der Waals surface area contributed by atoms with E-state index in [9.17, 15) is 38.4 Å². The van der Waals surface area contributed by atoms with Crippen molar-refractivity contribution in [1.29, 1.82) is 0 Å². The molecule has 20 nitrogen and oxygen atoms in total. The highest BCUT2D eigenvalue weighted by Gasteiger charge is 2.36. The SMILES string of the molecule is CC(=O)N[C@H]1CCSSC[C@@H](C(=O)N2CCC[C@H]2C)NC(=O)[C@H](Cc2c[nH]c3ccccc23)NC(=O)[C@H](CCCN=C(N)N)NC(=O)[C@@H](Cc2ccccc2)NC(=O)[C@H](CCC(N)=O)NC1=O. The molecule has 8 amide bonds. The molecule has 2 aliphatic heterocycles. The molecule has 13 N–H and O–H groups in total. The molecule has 3 aromatic rings. The van der Waals surface area contributed by atoms with Crippen LogP contribution in [0.5, 0.6) is 0 Å². The summed E-state index contributed by atoms with van der Waals surface area (Å²) in [5.41, 5.74) is 18.8. The van der Waals surface area contributed by atoms with Gasteiger partial charge in [0.1, 0.15) is 36.3 Å². The molecule has 0 bridgehead atoms. The molecule has 2 fully saturated rings. The number of fused-ring (bicyclic) bond motifs is 1. The number of aliphatic imine (C=N–C) groups is 1. The summed E-state index contributed by atoms with van der Waals surface area (Å²) in [6.07, 6.45) is 3.07. The van der Waals surface area contributed by atoms with Gasteiger partial charge in [0.05, 0.1) is 0 Å². The molecule has 0 unspecified atom stereocenters. The van der Waals surface area contributed by atoms with Crippen LogP contribution in [-0.2, 0) is 51.2 Å². The zero-order chi connectivity index (χ0) is 48.5. The van der Waals surface area contributed by atoms with Gasteiger partial charge in [0.25, 0.3) is 0 Å². The molecule has 2 aliphatic rings. The lowest BCUT2D eigenvalue weighted by atomic mass is 10.0. The Morgan fingerprint density at radius 1 is 0.761 bits per heavy atom. The van der Waals surface area contributed by atoms with Gasteiger partial charge in [0, 0.05) is 73.9 Å². The number of nitrogens with two attached hydrogens (primary N) is 3. The second-order valence-electron chi connectivity index (χ2n) is 16.7. The van der Waals surface area contributed by atoms with E-state index in [0.717, 1.165) is 23.7 Å². The zero-order valence-corrected chi connectivity index (χ0v) is 39.3. The molecule has 7 atom stereocenters. The Morgan fingerprint density at radius 2 is 1.39 bits per heavy atom. The van der Waals surface area contributed by atoms with Crippen molar-refractivity contribution >= 4 is 85.7 Å². The van der Waals surface area contributed by atoms with Crippen molar-refractivity contribution in [3.8, 4) is 0 Å². The van der Waals surface area contributed by atoms with Gasteiger partial charge in [-0.2, -0.15) is 0 Å². The molecular formula is C45H62N12O8S2. The number of aromatic nitrogens is 1. The van der Waals surface area contributed by atoms with Gasteiger partial charge in [-0.1, -0.05) is 70.1 Å². The van der Waals surface area contributed by atoms with Crippen LogP contribution in [0.3, 0.4) is 0 Å². The van der Waals surface area contributed by atoms with E-state index in [0.29, 0.717) is 23.4 Å². The van der Waals surface area contributed by atoms with Crippen molar-refractivity contribution in [3.05, 3.63) is 71.9 Å². The van der Waals surface area contributed by atoms with Crippen LogP contribution in [0.2, 0.25) is 0 Å². The fraction of sp³-hybridized carbons (Fsp3) is 0.489. The summed E-state index contributed by atoms with van der Waals surface area (Å²) in [4.78, 5) is 119. The summed E-state index contributed by atoms with van der Waals surface area (Å²) in [6, 6.07) is 8.79. The average Bonchev–Trinajstić information content (AvgIpc) is 3.92. The number of guanidine groups is 1. The van der Waals surface area contributed by atoms with Gasteiger partial charge in [0.15, 0.2) is 5.96 Å². The average molecular weight is 963 g/mol. The third kappa shape index (κ3) is 15.9. The van der Waals surface area contributed by atoms with E-state index < -0.39 is 77.6 Å². The van der Waals surface area contributed by atoms with Crippen LogP contribution in [0.15, 0.2) is 65.8 Å². The summed E-state index contributed by atoms with van der Waals surface area (Å²) in [5.74, 6) is -4.99. The zero-order valence-electron chi connectivity index (χ0n) is 37.7. The lowest BCUT2D eigenvalue weighted by Gasteiger charge is -2.29. The molecule has 1 aromatic heterocycles. The molecule has 3 heterocycles. The molecule has 0 spiro atoms. The Kier molecular flexibility index (Phi) is 19.7. The summed E-state index contributed by atoms with van der Waals surface area (Å²) in [7, 11) is 2.61. The van der Waals surface area contributed by atoms with Gasteiger partial charge < -0.3 is 59.0 Å². The maximum Gasteiger partial charge on any atom is 0.246 e. The first-order valence-corrected chi connectivity index (χ1v) is 24.8. The van der Waals surface area contributed by atoms with Gasteiger partial charge in [0.2, 0.25) is 47.3 Å². The number of primary amides is 1. The van der Waals surface area contributed by atoms with Crippen molar-refractivity contribution in [1.82, 2.24) is 41.8 Å². The minimum absolute atomic E-state index is 0.00409. The second kappa shape index (κ2) is 25.6. The molecule has 2 aromatic carbocycles. The number of rotatable bonds is 13.